The lowest BCUT2D eigenvalue weighted by Crippen LogP contribution is -2.39. The van der Waals surface area contributed by atoms with Crippen LogP contribution in [-0.2, 0) is 30.7 Å². The van der Waals surface area contributed by atoms with Crippen molar-refractivity contribution in [3.05, 3.63) is 175 Å². The average molecular weight is 911 g/mol. The van der Waals surface area contributed by atoms with Crippen LogP contribution < -0.4 is 20.7 Å². The van der Waals surface area contributed by atoms with E-state index in [-0.39, 0.29) is 18.7 Å². The van der Waals surface area contributed by atoms with Gasteiger partial charge in [0.15, 0.2) is 0 Å². The maximum Gasteiger partial charge on any atom is 0.330 e. The third-order valence-corrected chi connectivity index (χ3v) is 13.6. The Kier molecular flexibility index (Phi) is 14.3. The molecule has 4 atom stereocenters. The summed E-state index contributed by atoms with van der Waals surface area (Å²) in [6.45, 7) is 10.6. The van der Waals surface area contributed by atoms with Crippen molar-refractivity contribution in [2.75, 3.05) is 20.8 Å². The van der Waals surface area contributed by atoms with Gasteiger partial charge in [-0.2, -0.15) is 0 Å². The van der Waals surface area contributed by atoms with E-state index < -0.39 is 43.8 Å². The van der Waals surface area contributed by atoms with Crippen LogP contribution in [0.1, 0.15) is 68.2 Å². The Hall–Kier alpha value is -4.65. The largest absolute Gasteiger partial charge is 0.497 e. The van der Waals surface area contributed by atoms with Crippen molar-refractivity contribution in [2.24, 2.45) is 0 Å². The number of H-pyrrole nitrogens is 1. The van der Waals surface area contributed by atoms with E-state index in [0.29, 0.717) is 30.1 Å². The highest BCUT2D eigenvalue weighted by atomic mass is 79.9. The molecule has 2 heterocycles. The standard InChI is InChI=1S/C48H53BrN3O8P/c1-31(2)52(32(3)4)61(58-29-34-13-14-36-26-40(49)20-15-35(36)25-34)60-43-27-45(51-28-33(5)46(53)50-47(51)54)59-44(43)30-57-48(37-11-9-8-10-12-37,38-16-21-41(55-6)22-17-38)39-18-23-42(56-7)24-19-39/h8-26,28,31-32,43-45H,27,29-30H2,1-7H3,(H,50,53,54)/t43?,44-,45-,61?/m1/s1. The molecule has 0 amide bonds. The fourth-order valence-electron chi connectivity index (χ4n) is 7.94. The maximum atomic E-state index is 13.4. The van der Waals surface area contributed by atoms with Gasteiger partial charge in [0, 0.05) is 34.7 Å². The second-order valence-electron chi connectivity index (χ2n) is 15.7. The fourth-order valence-corrected chi connectivity index (χ4v) is 10.1. The lowest BCUT2D eigenvalue weighted by atomic mass is 9.80. The van der Waals surface area contributed by atoms with Gasteiger partial charge in [-0.05, 0) is 110 Å². The van der Waals surface area contributed by atoms with E-state index in [0.717, 1.165) is 37.5 Å². The molecule has 0 spiro atoms. The van der Waals surface area contributed by atoms with Crippen LogP contribution in [0.4, 0.5) is 0 Å². The van der Waals surface area contributed by atoms with Crippen LogP contribution in [0.5, 0.6) is 11.5 Å². The monoisotopic (exact) mass is 909 g/mol. The average Bonchev–Trinajstić information content (AvgIpc) is 3.66. The highest BCUT2D eigenvalue weighted by Crippen LogP contribution is 2.51. The van der Waals surface area contributed by atoms with E-state index >= 15 is 0 Å². The molecule has 7 rings (SSSR count). The van der Waals surface area contributed by atoms with Gasteiger partial charge in [0.05, 0.1) is 33.5 Å². The van der Waals surface area contributed by atoms with E-state index in [9.17, 15) is 9.59 Å². The highest BCUT2D eigenvalue weighted by molar-refractivity contribution is 9.10. The van der Waals surface area contributed by atoms with Crippen molar-refractivity contribution >= 4 is 35.2 Å². The third-order valence-electron chi connectivity index (χ3n) is 11.0. The van der Waals surface area contributed by atoms with Gasteiger partial charge in [-0.25, -0.2) is 9.46 Å². The number of aromatic nitrogens is 2. The molecule has 1 aromatic heterocycles. The summed E-state index contributed by atoms with van der Waals surface area (Å²) in [5.41, 5.74) is 1.88. The van der Waals surface area contributed by atoms with Crippen molar-refractivity contribution in [3.8, 4) is 11.5 Å². The molecule has 61 heavy (non-hydrogen) atoms. The van der Waals surface area contributed by atoms with Gasteiger partial charge < -0.3 is 28.0 Å². The number of rotatable bonds is 17. The van der Waals surface area contributed by atoms with Crippen LogP contribution in [0, 0.1) is 6.92 Å². The first kappa shape index (κ1) is 44.4. The first-order chi connectivity index (χ1) is 29.4. The first-order valence-electron chi connectivity index (χ1n) is 20.4. The molecular formula is C48H53BrN3O8P. The molecule has 0 saturated carbocycles. The van der Waals surface area contributed by atoms with E-state index in [4.69, 9.17) is 28.0 Å². The minimum Gasteiger partial charge on any atom is -0.497 e. The number of methoxy groups -OCH3 is 2. The molecular weight excluding hydrogens is 857 g/mol. The number of aromatic amines is 1. The number of hydrogen-bond acceptors (Lipinski definition) is 9. The number of fused-ring (bicyclic) bond motifs is 1. The van der Waals surface area contributed by atoms with Crippen molar-refractivity contribution in [2.45, 2.75) is 83.8 Å². The molecule has 0 radical (unpaired) electrons. The van der Waals surface area contributed by atoms with E-state index in [1.807, 2.05) is 84.9 Å². The Morgan fingerprint density at radius 2 is 1.41 bits per heavy atom. The molecule has 13 heteroatoms. The number of halogens is 1. The fraction of sp³-hybridized carbons (Fsp3) is 0.333. The van der Waals surface area contributed by atoms with Crippen LogP contribution in [-0.4, -0.2) is 59.3 Å². The Bertz CT molecular complexity index is 2460. The molecule has 11 nitrogen and oxygen atoms in total. The second kappa shape index (κ2) is 19.6. The predicted octanol–water partition coefficient (Wildman–Crippen LogP) is 10.0. The number of aryl methyl sites for hydroxylation is 1. The molecule has 1 fully saturated rings. The van der Waals surface area contributed by atoms with Crippen molar-refractivity contribution in [3.63, 3.8) is 0 Å². The van der Waals surface area contributed by atoms with Gasteiger partial charge in [-0.15, -0.1) is 0 Å². The number of nitrogens with zero attached hydrogens (tertiary/aromatic N) is 2. The van der Waals surface area contributed by atoms with Gasteiger partial charge in [0.25, 0.3) is 14.1 Å². The number of ether oxygens (including phenoxy) is 4. The Labute approximate surface area is 366 Å². The number of hydrogen-bond donors (Lipinski definition) is 1. The minimum atomic E-state index is -1.68. The first-order valence-corrected chi connectivity index (χ1v) is 22.3. The van der Waals surface area contributed by atoms with Crippen LogP contribution in [0.2, 0.25) is 0 Å². The molecule has 1 aliphatic rings. The van der Waals surface area contributed by atoms with Crippen molar-refractivity contribution in [1.82, 2.24) is 14.2 Å². The maximum absolute atomic E-state index is 13.4. The summed E-state index contributed by atoms with van der Waals surface area (Å²) in [5.74, 6) is 1.42. The summed E-state index contributed by atoms with van der Waals surface area (Å²) in [7, 11) is 1.60. The molecule has 6 aromatic rings. The van der Waals surface area contributed by atoms with Gasteiger partial charge in [-0.1, -0.05) is 88.7 Å². The SMILES string of the molecule is COc1ccc(C(OC[C@H]2O[C@@H](n3cc(C)c(=O)[nH]c3=O)CC2OP(OCc2ccc3cc(Br)ccc3c2)N(C(C)C)C(C)C)(c2ccccc2)c2ccc(OC)cc2)cc1. The molecule has 320 valence electrons. The summed E-state index contributed by atoms with van der Waals surface area (Å²) < 4.78 is 44.0. The molecule has 1 saturated heterocycles. The predicted molar refractivity (Wildman–Crippen MR) is 243 cm³/mol. The Morgan fingerprint density at radius 3 is 2.02 bits per heavy atom. The lowest BCUT2D eigenvalue weighted by Gasteiger charge is -2.39. The molecule has 1 aliphatic heterocycles. The van der Waals surface area contributed by atoms with Crippen LogP contribution >= 0.6 is 24.5 Å². The van der Waals surface area contributed by atoms with Gasteiger partial charge in [-0.3, -0.25) is 14.3 Å². The van der Waals surface area contributed by atoms with E-state index in [1.165, 1.54) is 4.57 Å². The smallest absolute Gasteiger partial charge is 0.330 e. The second-order valence-corrected chi connectivity index (χ2v) is 18.0. The van der Waals surface area contributed by atoms with E-state index in [2.05, 4.69) is 83.6 Å². The summed E-state index contributed by atoms with van der Waals surface area (Å²) in [6.07, 6.45) is -0.207. The molecule has 0 aliphatic carbocycles. The molecule has 1 N–H and O–H groups in total. The van der Waals surface area contributed by atoms with Crippen LogP contribution in [0.25, 0.3) is 10.8 Å². The molecule has 0 bridgehead atoms. The number of benzene rings is 5. The molecule has 2 unspecified atom stereocenters. The topological polar surface area (TPSA) is 113 Å². The highest BCUT2D eigenvalue weighted by Gasteiger charge is 2.45. The normalized spacial score (nSPS) is 17.4. The zero-order valence-electron chi connectivity index (χ0n) is 35.5. The Morgan fingerprint density at radius 1 is 0.820 bits per heavy atom. The Balaban J connectivity index is 1.28. The third kappa shape index (κ3) is 9.87. The summed E-state index contributed by atoms with van der Waals surface area (Å²) >= 11 is 3.58. The van der Waals surface area contributed by atoms with Crippen molar-refractivity contribution in [1.29, 1.82) is 0 Å². The van der Waals surface area contributed by atoms with Gasteiger partial charge in [0.1, 0.15) is 29.4 Å². The summed E-state index contributed by atoms with van der Waals surface area (Å²) in [5, 5.41) is 2.24. The quantitative estimate of drug-likeness (QED) is 0.0706. The van der Waals surface area contributed by atoms with E-state index in [1.54, 1.807) is 27.3 Å². The summed E-state index contributed by atoms with van der Waals surface area (Å²) in [6, 6.07) is 38.5. The van der Waals surface area contributed by atoms with Gasteiger partial charge in [0.2, 0.25) is 0 Å². The van der Waals surface area contributed by atoms with Crippen LogP contribution in [0.3, 0.4) is 0 Å². The number of nitrogens with one attached hydrogen (secondary N) is 1. The van der Waals surface area contributed by atoms with Crippen LogP contribution in [0.15, 0.2) is 136 Å². The summed E-state index contributed by atoms with van der Waals surface area (Å²) in [4.78, 5) is 28.3. The minimum absolute atomic E-state index is 0.0535. The van der Waals surface area contributed by atoms with Gasteiger partial charge >= 0.3 is 5.69 Å². The molecule has 5 aromatic carbocycles. The zero-order chi connectivity index (χ0) is 43.3. The zero-order valence-corrected chi connectivity index (χ0v) is 38.0. The van der Waals surface area contributed by atoms with Crippen molar-refractivity contribution < 1.29 is 28.0 Å². The lowest BCUT2D eigenvalue weighted by molar-refractivity contribution is -0.0926.